The van der Waals surface area contributed by atoms with Gasteiger partial charge in [-0.1, -0.05) is 23.7 Å². The highest BCUT2D eigenvalue weighted by Crippen LogP contribution is 2.26. The van der Waals surface area contributed by atoms with Crippen LogP contribution in [0.2, 0.25) is 5.15 Å². The standard InChI is InChI=1S/C14H11ClN4/c15-13-6-10(16)7-14(19-13)18-12-3-1-2-9-8-17-5-4-11(9)12/h1-8H,(H3,16,18,19). The third-order valence-electron chi connectivity index (χ3n) is 2.76. The van der Waals surface area contributed by atoms with Crippen LogP contribution in [0, 0.1) is 0 Å². The fraction of sp³-hybridized carbons (Fsp3) is 0. The first kappa shape index (κ1) is 11.7. The van der Waals surface area contributed by atoms with Crippen LogP contribution < -0.4 is 11.1 Å². The molecular weight excluding hydrogens is 260 g/mol. The van der Waals surface area contributed by atoms with Crippen molar-refractivity contribution in [1.29, 1.82) is 0 Å². The van der Waals surface area contributed by atoms with Crippen LogP contribution in [0.4, 0.5) is 17.2 Å². The van der Waals surface area contributed by atoms with E-state index in [4.69, 9.17) is 17.3 Å². The summed E-state index contributed by atoms with van der Waals surface area (Å²) in [5.74, 6) is 0.620. The zero-order chi connectivity index (χ0) is 13.2. The van der Waals surface area contributed by atoms with Gasteiger partial charge in [0.1, 0.15) is 11.0 Å². The van der Waals surface area contributed by atoms with Crippen LogP contribution in [0.1, 0.15) is 0 Å². The highest BCUT2D eigenvalue weighted by atomic mass is 35.5. The van der Waals surface area contributed by atoms with E-state index in [0.717, 1.165) is 16.5 Å². The molecule has 0 saturated carbocycles. The second kappa shape index (κ2) is 4.74. The Hall–Kier alpha value is -2.33. The van der Waals surface area contributed by atoms with Crippen molar-refractivity contribution in [3.63, 3.8) is 0 Å². The lowest BCUT2D eigenvalue weighted by molar-refractivity contribution is 1.31. The molecule has 0 radical (unpaired) electrons. The van der Waals surface area contributed by atoms with Gasteiger partial charge in [-0.25, -0.2) is 4.98 Å². The van der Waals surface area contributed by atoms with Gasteiger partial charge in [0.25, 0.3) is 0 Å². The number of hydrogen-bond acceptors (Lipinski definition) is 4. The molecule has 0 fully saturated rings. The average Bonchev–Trinajstić information content (AvgIpc) is 2.38. The van der Waals surface area contributed by atoms with E-state index in [-0.39, 0.29) is 0 Å². The summed E-state index contributed by atoms with van der Waals surface area (Å²) in [7, 11) is 0. The SMILES string of the molecule is Nc1cc(Cl)nc(Nc2cccc3cnccc23)c1. The minimum Gasteiger partial charge on any atom is -0.399 e. The summed E-state index contributed by atoms with van der Waals surface area (Å²) in [5, 5.41) is 5.72. The van der Waals surface area contributed by atoms with Crippen molar-refractivity contribution in [1.82, 2.24) is 9.97 Å². The first-order chi connectivity index (χ1) is 9.22. The van der Waals surface area contributed by atoms with Crippen molar-refractivity contribution in [3.8, 4) is 0 Å². The molecule has 2 heterocycles. The number of nitrogens with one attached hydrogen (secondary N) is 1. The van der Waals surface area contributed by atoms with Gasteiger partial charge < -0.3 is 11.1 Å². The lowest BCUT2D eigenvalue weighted by atomic mass is 10.1. The molecule has 4 nitrogen and oxygen atoms in total. The molecule has 0 amide bonds. The van der Waals surface area contributed by atoms with Crippen LogP contribution in [0.5, 0.6) is 0 Å². The number of aromatic nitrogens is 2. The fourth-order valence-corrected chi connectivity index (χ4v) is 2.17. The van der Waals surface area contributed by atoms with E-state index >= 15 is 0 Å². The van der Waals surface area contributed by atoms with E-state index in [1.54, 1.807) is 18.3 Å². The van der Waals surface area contributed by atoms with E-state index in [1.807, 2.05) is 30.5 Å². The second-order valence-corrected chi connectivity index (χ2v) is 4.52. The number of halogens is 1. The molecule has 3 aromatic rings. The summed E-state index contributed by atoms with van der Waals surface area (Å²) in [4.78, 5) is 8.30. The van der Waals surface area contributed by atoms with E-state index in [9.17, 15) is 0 Å². The maximum absolute atomic E-state index is 5.89. The van der Waals surface area contributed by atoms with Gasteiger partial charge in [-0.3, -0.25) is 4.98 Å². The zero-order valence-electron chi connectivity index (χ0n) is 9.97. The quantitative estimate of drug-likeness (QED) is 0.698. The van der Waals surface area contributed by atoms with E-state index < -0.39 is 0 Å². The van der Waals surface area contributed by atoms with Gasteiger partial charge in [-0.2, -0.15) is 0 Å². The van der Waals surface area contributed by atoms with Crippen LogP contribution in [0.25, 0.3) is 10.8 Å². The van der Waals surface area contributed by atoms with E-state index in [0.29, 0.717) is 16.7 Å². The molecule has 3 rings (SSSR count). The van der Waals surface area contributed by atoms with Crippen molar-refractivity contribution >= 4 is 39.6 Å². The average molecular weight is 271 g/mol. The molecule has 0 atom stereocenters. The molecular formula is C14H11ClN4. The monoisotopic (exact) mass is 270 g/mol. The van der Waals surface area contributed by atoms with Crippen LogP contribution >= 0.6 is 11.6 Å². The summed E-state index contributed by atoms with van der Waals surface area (Å²) >= 11 is 5.89. The summed E-state index contributed by atoms with van der Waals surface area (Å²) in [6, 6.07) is 11.2. The molecule has 94 valence electrons. The van der Waals surface area contributed by atoms with Gasteiger partial charge in [0.15, 0.2) is 0 Å². The number of anilines is 3. The lowest BCUT2D eigenvalue weighted by Gasteiger charge is -2.09. The smallest absolute Gasteiger partial charge is 0.134 e. The number of rotatable bonds is 2. The number of hydrogen-bond donors (Lipinski definition) is 2. The first-order valence-electron chi connectivity index (χ1n) is 5.75. The van der Waals surface area contributed by atoms with Crippen molar-refractivity contribution in [2.45, 2.75) is 0 Å². The highest BCUT2D eigenvalue weighted by molar-refractivity contribution is 6.29. The number of nitrogens with zero attached hydrogens (tertiary/aromatic N) is 2. The molecule has 5 heteroatoms. The maximum Gasteiger partial charge on any atom is 0.134 e. The van der Waals surface area contributed by atoms with Crippen molar-refractivity contribution in [2.24, 2.45) is 0 Å². The Morgan fingerprint density at radius 2 is 2.05 bits per heavy atom. The summed E-state index contributed by atoms with van der Waals surface area (Å²) in [6.45, 7) is 0. The van der Waals surface area contributed by atoms with Crippen LogP contribution in [0.3, 0.4) is 0 Å². The van der Waals surface area contributed by atoms with Crippen molar-refractivity contribution in [2.75, 3.05) is 11.1 Å². The van der Waals surface area contributed by atoms with E-state index in [1.165, 1.54) is 0 Å². The number of nitrogens with two attached hydrogens (primary N) is 1. The molecule has 2 aromatic heterocycles. The van der Waals surface area contributed by atoms with Crippen molar-refractivity contribution in [3.05, 3.63) is 53.9 Å². The molecule has 19 heavy (non-hydrogen) atoms. The summed E-state index contributed by atoms with van der Waals surface area (Å²) < 4.78 is 0. The lowest BCUT2D eigenvalue weighted by Crippen LogP contribution is -1.96. The maximum atomic E-state index is 5.89. The Morgan fingerprint density at radius 1 is 1.16 bits per heavy atom. The van der Waals surface area contributed by atoms with Gasteiger partial charge in [0, 0.05) is 40.6 Å². The van der Waals surface area contributed by atoms with E-state index in [2.05, 4.69) is 15.3 Å². The van der Waals surface area contributed by atoms with Crippen LogP contribution in [0.15, 0.2) is 48.8 Å². The highest BCUT2D eigenvalue weighted by Gasteiger charge is 2.03. The normalized spacial score (nSPS) is 10.6. The molecule has 0 spiro atoms. The Morgan fingerprint density at radius 3 is 2.89 bits per heavy atom. The van der Waals surface area contributed by atoms with Crippen LogP contribution in [-0.2, 0) is 0 Å². The Balaban J connectivity index is 2.05. The van der Waals surface area contributed by atoms with Gasteiger partial charge in [-0.15, -0.1) is 0 Å². The van der Waals surface area contributed by atoms with Gasteiger partial charge >= 0.3 is 0 Å². The number of benzene rings is 1. The van der Waals surface area contributed by atoms with Gasteiger partial charge in [0.05, 0.1) is 0 Å². The topological polar surface area (TPSA) is 63.8 Å². The first-order valence-corrected chi connectivity index (χ1v) is 6.13. The molecule has 0 aliphatic rings. The zero-order valence-corrected chi connectivity index (χ0v) is 10.7. The Bertz CT molecular complexity index is 717. The molecule has 0 saturated heterocycles. The fourth-order valence-electron chi connectivity index (χ4n) is 1.95. The molecule has 0 aliphatic heterocycles. The molecule has 1 aromatic carbocycles. The Labute approximate surface area is 115 Å². The van der Waals surface area contributed by atoms with Crippen molar-refractivity contribution < 1.29 is 0 Å². The summed E-state index contributed by atoms with van der Waals surface area (Å²) in [6.07, 6.45) is 3.58. The third-order valence-corrected chi connectivity index (χ3v) is 2.95. The predicted octanol–water partition coefficient (Wildman–Crippen LogP) is 3.61. The third kappa shape index (κ3) is 2.44. The summed E-state index contributed by atoms with van der Waals surface area (Å²) in [5.41, 5.74) is 7.26. The second-order valence-electron chi connectivity index (χ2n) is 4.14. The van der Waals surface area contributed by atoms with Gasteiger partial charge in [0.2, 0.25) is 0 Å². The molecule has 0 bridgehead atoms. The largest absolute Gasteiger partial charge is 0.399 e. The predicted molar refractivity (Wildman–Crippen MR) is 78.7 cm³/mol. The van der Waals surface area contributed by atoms with Crippen LogP contribution in [-0.4, -0.2) is 9.97 Å². The number of pyridine rings is 2. The minimum atomic E-state index is 0.365. The molecule has 0 unspecified atom stereocenters. The van der Waals surface area contributed by atoms with Gasteiger partial charge in [-0.05, 0) is 18.2 Å². The number of fused-ring (bicyclic) bond motifs is 1. The Kier molecular flexibility index (Phi) is 2.93. The number of nitrogen functional groups attached to an aromatic ring is 1. The molecule has 3 N–H and O–H groups in total. The minimum absolute atomic E-state index is 0.365. The molecule has 0 aliphatic carbocycles.